The molecular formula is C18H27N3. The van der Waals surface area contributed by atoms with Gasteiger partial charge in [0, 0.05) is 11.7 Å². The smallest absolute Gasteiger partial charge is 0.0650 e. The summed E-state index contributed by atoms with van der Waals surface area (Å²) < 4.78 is 1.98. The molecular weight excluding hydrogens is 258 g/mol. The Hall–Kier alpha value is -1.61. The second-order valence-corrected chi connectivity index (χ2v) is 6.92. The lowest BCUT2D eigenvalue weighted by Crippen LogP contribution is -2.36. The molecule has 3 heteroatoms. The van der Waals surface area contributed by atoms with Crippen molar-refractivity contribution in [1.29, 1.82) is 0 Å². The van der Waals surface area contributed by atoms with E-state index in [1.807, 2.05) is 10.9 Å². The van der Waals surface area contributed by atoms with E-state index in [1.54, 1.807) is 0 Å². The Bertz CT molecular complexity index is 571. The molecule has 0 aliphatic rings. The molecule has 2 aromatic rings. The molecule has 0 saturated heterocycles. The number of nitrogens with one attached hydrogen (secondary N) is 1. The second-order valence-electron chi connectivity index (χ2n) is 6.92. The Morgan fingerprint density at radius 2 is 1.76 bits per heavy atom. The van der Waals surface area contributed by atoms with E-state index in [0.29, 0.717) is 0 Å². The molecule has 2 rings (SSSR count). The van der Waals surface area contributed by atoms with Crippen LogP contribution in [0.25, 0.3) is 5.69 Å². The second kappa shape index (κ2) is 6.44. The maximum absolute atomic E-state index is 4.49. The highest BCUT2D eigenvalue weighted by atomic mass is 15.3. The topological polar surface area (TPSA) is 29.9 Å². The summed E-state index contributed by atoms with van der Waals surface area (Å²) in [6.07, 6.45) is 6.32. The lowest BCUT2D eigenvalue weighted by atomic mass is 10.1. The molecule has 0 fully saturated rings. The van der Waals surface area contributed by atoms with Gasteiger partial charge >= 0.3 is 0 Å². The third-order valence-corrected chi connectivity index (χ3v) is 3.40. The molecule has 114 valence electrons. The normalized spacial score (nSPS) is 11.9. The van der Waals surface area contributed by atoms with Gasteiger partial charge in [-0.15, -0.1) is 0 Å². The summed E-state index contributed by atoms with van der Waals surface area (Å²) in [6.45, 7) is 11.9. The van der Waals surface area contributed by atoms with Crippen molar-refractivity contribution >= 4 is 0 Å². The molecule has 0 atom stereocenters. The van der Waals surface area contributed by atoms with Gasteiger partial charge in [0.05, 0.1) is 11.9 Å². The van der Waals surface area contributed by atoms with Crippen molar-refractivity contribution in [2.24, 2.45) is 0 Å². The highest BCUT2D eigenvalue weighted by Gasteiger charge is 2.08. The molecule has 0 saturated carbocycles. The summed E-state index contributed by atoms with van der Waals surface area (Å²) in [5, 5.41) is 8.01. The Kier molecular flexibility index (Phi) is 4.84. The quantitative estimate of drug-likeness (QED) is 0.847. The van der Waals surface area contributed by atoms with Crippen LogP contribution in [0, 0.1) is 13.8 Å². The number of benzene rings is 1. The van der Waals surface area contributed by atoms with Crippen LogP contribution < -0.4 is 5.32 Å². The summed E-state index contributed by atoms with van der Waals surface area (Å²) in [7, 11) is 0. The van der Waals surface area contributed by atoms with Crippen molar-refractivity contribution in [2.45, 2.75) is 53.0 Å². The molecule has 0 amide bonds. The first-order valence-corrected chi connectivity index (χ1v) is 7.71. The molecule has 0 unspecified atom stereocenters. The van der Waals surface area contributed by atoms with E-state index in [1.165, 1.54) is 16.7 Å². The van der Waals surface area contributed by atoms with E-state index in [-0.39, 0.29) is 5.54 Å². The lowest BCUT2D eigenvalue weighted by Gasteiger charge is -2.20. The molecule has 0 aliphatic heterocycles. The predicted molar refractivity (Wildman–Crippen MR) is 89.1 cm³/mol. The predicted octanol–water partition coefficient (Wildman–Crippen LogP) is 3.81. The van der Waals surface area contributed by atoms with Crippen LogP contribution in [-0.4, -0.2) is 21.9 Å². The van der Waals surface area contributed by atoms with Gasteiger partial charge in [-0.2, -0.15) is 5.10 Å². The SMILES string of the molecule is Cc1cc(C)cc(-n2cc(CCCNC(C)(C)C)cn2)c1. The van der Waals surface area contributed by atoms with Gasteiger partial charge in [0.25, 0.3) is 0 Å². The van der Waals surface area contributed by atoms with E-state index in [0.717, 1.165) is 25.1 Å². The van der Waals surface area contributed by atoms with Crippen molar-refractivity contribution in [1.82, 2.24) is 15.1 Å². The fourth-order valence-electron chi connectivity index (χ4n) is 2.47. The van der Waals surface area contributed by atoms with Crippen LogP contribution in [-0.2, 0) is 6.42 Å². The van der Waals surface area contributed by atoms with Crippen molar-refractivity contribution in [3.63, 3.8) is 0 Å². The first kappa shape index (κ1) is 15.8. The Labute approximate surface area is 128 Å². The van der Waals surface area contributed by atoms with E-state index in [9.17, 15) is 0 Å². The van der Waals surface area contributed by atoms with Crippen molar-refractivity contribution < 1.29 is 0 Å². The number of hydrogen-bond acceptors (Lipinski definition) is 2. The van der Waals surface area contributed by atoms with Gasteiger partial charge in [0.15, 0.2) is 0 Å². The van der Waals surface area contributed by atoms with Crippen LogP contribution in [0.2, 0.25) is 0 Å². The largest absolute Gasteiger partial charge is 0.312 e. The van der Waals surface area contributed by atoms with Crippen molar-refractivity contribution in [2.75, 3.05) is 6.54 Å². The maximum Gasteiger partial charge on any atom is 0.0650 e. The molecule has 1 heterocycles. The van der Waals surface area contributed by atoms with Crippen molar-refractivity contribution in [3.8, 4) is 5.69 Å². The molecule has 3 nitrogen and oxygen atoms in total. The molecule has 0 bridgehead atoms. The Balaban J connectivity index is 1.95. The number of aromatic nitrogens is 2. The minimum atomic E-state index is 0.198. The number of aryl methyl sites for hydroxylation is 3. The van der Waals surface area contributed by atoms with Gasteiger partial charge in [-0.05, 0) is 82.8 Å². The fraction of sp³-hybridized carbons (Fsp3) is 0.500. The van der Waals surface area contributed by atoms with E-state index in [2.05, 4.69) is 69.4 Å². The summed E-state index contributed by atoms with van der Waals surface area (Å²) in [5.74, 6) is 0. The molecule has 0 spiro atoms. The average Bonchev–Trinajstić information content (AvgIpc) is 2.81. The first-order chi connectivity index (χ1) is 9.83. The van der Waals surface area contributed by atoms with Crippen LogP contribution in [0.15, 0.2) is 30.6 Å². The number of hydrogen-bond donors (Lipinski definition) is 1. The van der Waals surface area contributed by atoms with Gasteiger partial charge in [-0.25, -0.2) is 4.68 Å². The number of nitrogens with zero attached hydrogens (tertiary/aromatic N) is 2. The fourth-order valence-corrected chi connectivity index (χ4v) is 2.47. The Morgan fingerprint density at radius 1 is 1.10 bits per heavy atom. The summed E-state index contributed by atoms with van der Waals surface area (Å²) in [4.78, 5) is 0. The minimum absolute atomic E-state index is 0.198. The maximum atomic E-state index is 4.49. The molecule has 0 aliphatic carbocycles. The highest BCUT2D eigenvalue weighted by Crippen LogP contribution is 2.14. The first-order valence-electron chi connectivity index (χ1n) is 7.71. The van der Waals surface area contributed by atoms with Gasteiger partial charge in [-0.3, -0.25) is 0 Å². The lowest BCUT2D eigenvalue weighted by molar-refractivity contribution is 0.422. The highest BCUT2D eigenvalue weighted by molar-refractivity contribution is 5.39. The molecule has 0 radical (unpaired) electrons. The summed E-state index contributed by atoms with van der Waals surface area (Å²) >= 11 is 0. The van der Waals surface area contributed by atoms with Gasteiger partial charge in [0.2, 0.25) is 0 Å². The van der Waals surface area contributed by atoms with Crippen LogP contribution in [0.5, 0.6) is 0 Å². The van der Waals surface area contributed by atoms with E-state index < -0.39 is 0 Å². The standard InChI is InChI=1S/C18H27N3/c1-14-9-15(2)11-17(10-14)21-13-16(12-20-21)7-6-8-19-18(3,4)5/h9-13,19H,6-8H2,1-5H3. The zero-order valence-electron chi connectivity index (χ0n) is 13.9. The van der Waals surface area contributed by atoms with Crippen LogP contribution in [0.3, 0.4) is 0 Å². The third kappa shape index (κ3) is 5.01. The molecule has 1 aromatic carbocycles. The summed E-state index contributed by atoms with van der Waals surface area (Å²) in [6, 6.07) is 6.53. The molecule has 1 N–H and O–H groups in total. The van der Waals surface area contributed by atoms with Crippen LogP contribution >= 0.6 is 0 Å². The molecule has 1 aromatic heterocycles. The minimum Gasteiger partial charge on any atom is -0.312 e. The summed E-state index contributed by atoms with van der Waals surface area (Å²) in [5.41, 5.74) is 5.19. The van der Waals surface area contributed by atoms with E-state index in [4.69, 9.17) is 0 Å². The zero-order chi connectivity index (χ0) is 15.5. The zero-order valence-corrected chi connectivity index (χ0v) is 13.9. The monoisotopic (exact) mass is 285 g/mol. The van der Waals surface area contributed by atoms with Crippen LogP contribution in [0.4, 0.5) is 0 Å². The van der Waals surface area contributed by atoms with Crippen LogP contribution in [0.1, 0.15) is 43.9 Å². The van der Waals surface area contributed by atoms with Gasteiger partial charge in [-0.1, -0.05) is 6.07 Å². The van der Waals surface area contributed by atoms with Gasteiger partial charge in [0.1, 0.15) is 0 Å². The third-order valence-electron chi connectivity index (χ3n) is 3.40. The van der Waals surface area contributed by atoms with Gasteiger partial charge < -0.3 is 5.32 Å². The molecule has 21 heavy (non-hydrogen) atoms. The van der Waals surface area contributed by atoms with E-state index >= 15 is 0 Å². The average molecular weight is 285 g/mol. The van der Waals surface area contributed by atoms with Crippen molar-refractivity contribution in [3.05, 3.63) is 47.3 Å². The Morgan fingerprint density at radius 3 is 2.38 bits per heavy atom. The number of rotatable bonds is 5.